The zero-order valence-corrected chi connectivity index (χ0v) is 13.4. The standard InChI is InChI=1S/C18H27N3/c1-4-5-6-11-18(2,3)13-21-16-10-9-15-14(17(16)19)8-7-12-20-15/h7-10,12,21H,4-6,11,13,19H2,1-3H3. The lowest BCUT2D eigenvalue weighted by Gasteiger charge is -2.26. The summed E-state index contributed by atoms with van der Waals surface area (Å²) in [5.74, 6) is 0. The van der Waals surface area contributed by atoms with Crippen LogP contribution in [0.15, 0.2) is 30.5 Å². The van der Waals surface area contributed by atoms with E-state index in [1.165, 1.54) is 25.7 Å². The van der Waals surface area contributed by atoms with Crippen molar-refractivity contribution in [2.24, 2.45) is 5.41 Å². The van der Waals surface area contributed by atoms with E-state index >= 15 is 0 Å². The maximum atomic E-state index is 6.27. The summed E-state index contributed by atoms with van der Waals surface area (Å²) in [6, 6.07) is 8.01. The second-order valence-electron chi connectivity index (χ2n) is 6.57. The summed E-state index contributed by atoms with van der Waals surface area (Å²) < 4.78 is 0. The molecular weight excluding hydrogens is 258 g/mol. The molecule has 0 radical (unpaired) electrons. The Bertz CT molecular complexity index is 590. The van der Waals surface area contributed by atoms with Gasteiger partial charge in [-0.25, -0.2) is 0 Å². The van der Waals surface area contributed by atoms with Crippen LogP contribution in [0.1, 0.15) is 46.5 Å². The first kappa shape index (κ1) is 15.6. The Kier molecular flexibility index (Phi) is 5.05. The van der Waals surface area contributed by atoms with Crippen LogP contribution >= 0.6 is 0 Å². The molecule has 0 aliphatic heterocycles. The molecule has 0 saturated carbocycles. The van der Waals surface area contributed by atoms with E-state index < -0.39 is 0 Å². The number of benzene rings is 1. The minimum Gasteiger partial charge on any atom is -0.397 e. The lowest BCUT2D eigenvalue weighted by Crippen LogP contribution is -2.23. The Morgan fingerprint density at radius 2 is 2.00 bits per heavy atom. The molecule has 0 fully saturated rings. The molecule has 0 aliphatic rings. The quantitative estimate of drug-likeness (QED) is 0.565. The molecule has 2 rings (SSSR count). The van der Waals surface area contributed by atoms with Crippen LogP contribution in [0.5, 0.6) is 0 Å². The maximum Gasteiger partial charge on any atom is 0.0724 e. The molecule has 1 aromatic carbocycles. The van der Waals surface area contributed by atoms with Gasteiger partial charge in [-0.05, 0) is 36.1 Å². The van der Waals surface area contributed by atoms with E-state index in [1.54, 1.807) is 6.20 Å². The number of nitrogen functional groups attached to an aromatic ring is 1. The van der Waals surface area contributed by atoms with Crippen LogP contribution in [0.4, 0.5) is 11.4 Å². The van der Waals surface area contributed by atoms with Crippen molar-refractivity contribution in [2.45, 2.75) is 46.5 Å². The molecule has 3 N–H and O–H groups in total. The summed E-state index contributed by atoms with van der Waals surface area (Å²) in [7, 11) is 0. The minimum atomic E-state index is 0.283. The third-order valence-corrected chi connectivity index (χ3v) is 4.04. The van der Waals surface area contributed by atoms with Gasteiger partial charge in [0, 0.05) is 18.1 Å². The van der Waals surface area contributed by atoms with Gasteiger partial charge in [-0.3, -0.25) is 4.98 Å². The van der Waals surface area contributed by atoms with Crippen molar-refractivity contribution >= 4 is 22.3 Å². The predicted molar refractivity (Wildman–Crippen MR) is 92.6 cm³/mol. The van der Waals surface area contributed by atoms with Gasteiger partial charge in [0.1, 0.15) is 0 Å². The predicted octanol–water partition coefficient (Wildman–Crippen LogP) is 4.84. The van der Waals surface area contributed by atoms with Gasteiger partial charge in [0.25, 0.3) is 0 Å². The number of aromatic nitrogens is 1. The van der Waals surface area contributed by atoms with Crippen LogP contribution in [-0.2, 0) is 0 Å². The zero-order valence-electron chi connectivity index (χ0n) is 13.4. The van der Waals surface area contributed by atoms with E-state index in [-0.39, 0.29) is 5.41 Å². The SMILES string of the molecule is CCCCCC(C)(C)CNc1ccc2ncccc2c1N. The molecule has 0 saturated heterocycles. The highest BCUT2D eigenvalue weighted by Gasteiger charge is 2.17. The van der Waals surface area contributed by atoms with Gasteiger partial charge in [-0.1, -0.05) is 40.0 Å². The molecule has 0 amide bonds. The Morgan fingerprint density at radius 1 is 1.19 bits per heavy atom. The van der Waals surface area contributed by atoms with Crippen molar-refractivity contribution in [1.82, 2.24) is 4.98 Å². The van der Waals surface area contributed by atoms with Gasteiger partial charge in [0.05, 0.1) is 16.9 Å². The van der Waals surface area contributed by atoms with E-state index in [1.807, 2.05) is 24.3 Å². The largest absolute Gasteiger partial charge is 0.397 e. The van der Waals surface area contributed by atoms with Crippen LogP contribution in [-0.4, -0.2) is 11.5 Å². The van der Waals surface area contributed by atoms with Gasteiger partial charge >= 0.3 is 0 Å². The second-order valence-corrected chi connectivity index (χ2v) is 6.57. The molecule has 1 aromatic heterocycles. The van der Waals surface area contributed by atoms with E-state index in [9.17, 15) is 0 Å². The molecule has 3 heteroatoms. The second kappa shape index (κ2) is 6.79. The Balaban J connectivity index is 2.04. The normalized spacial score (nSPS) is 11.8. The molecule has 3 nitrogen and oxygen atoms in total. The Morgan fingerprint density at radius 3 is 2.76 bits per heavy atom. The van der Waals surface area contributed by atoms with Gasteiger partial charge in [-0.15, -0.1) is 0 Å². The number of nitrogens with zero attached hydrogens (tertiary/aromatic N) is 1. The van der Waals surface area contributed by atoms with Crippen LogP contribution < -0.4 is 11.1 Å². The Hall–Kier alpha value is -1.77. The average Bonchev–Trinajstić information content (AvgIpc) is 2.47. The van der Waals surface area contributed by atoms with Crippen LogP contribution in [0.3, 0.4) is 0 Å². The number of pyridine rings is 1. The van der Waals surface area contributed by atoms with Crippen molar-refractivity contribution in [3.63, 3.8) is 0 Å². The van der Waals surface area contributed by atoms with E-state index in [2.05, 4.69) is 31.1 Å². The van der Waals surface area contributed by atoms with Gasteiger partial charge < -0.3 is 11.1 Å². The van der Waals surface area contributed by atoms with Crippen LogP contribution in [0.25, 0.3) is 10.9 Å². The molecule has 21 heavy (non-hydrogen) atoms. The molecule has 0 atom stereocenters. The molecule has 0 unspecified atom stereocenters. The molecule has 2 aromatic rings. The monoisotopic (exact) mass is 285 g/mol. The van der Waals surface area contributed by atoms with E-state index in [4.69, 9.17) is 5.73 Å². The lowest BCUT2D eigenvalue weighted by atomic mass is 9.87. The third-order valence-electron chi connectivity index (χ3n) is 4.04. The van der Waals surface area contributed by atoms with Crippen molar-refractivity contribution in [3.05, 3.63) is 30.5 Å². The zero-order chi connectivity index (χ0) is 15.3. The topological polar surface area (TPSA) is 50.9 Å². The summed E-state index contributed by atoms with van der Waals surface area (Å²) in [5.41, 5.74) is 9.31. The number of anilines is 2. The van der Waals surface area contributed by atoms with Crippen molar-refractivity contribution in [1.29, 1.82) is 0 Å². The highest BCUT2D eigenvalue weighted by atomic mass is 14.9. The minimum absolute atomic E-state index is 0.283. The van der Waals surface area contributed by atoms with Gasteiger partial charge in [0.15, 0.2) is 0 Å². The first-order valence-electron chi connectivity index (χ1n) is 7.90. The number of fused-ring (bicyclic) bond motifs is 1. The smallest absolute Gasteiger partial charge is 0.0724 e. The van der Waals surface area contributed by atoms with Gasteiger partial charge in [-0.2, -0.15) is 0 Å². The summed E-state index contributed by atoms with van der Waals surface area (Å²) in [5, 5.41) is 4.54. The van der Waals surface area contributed by atoms with Crippen LogP contribution in [0, 0.1) is 5.41 Å². The lowest BCUT2D eigenvalue weighted by molar-refractivity contribution is 0.342. The average molecular weight is 285 g/mol. The number of nitrogens with one attached hydrogen (secondary N) is 1. The fraction of sp³-hybridized carbons (Fsp3) is 0.500. The fourth-order valence-corrected chi connectivity index (χ4v) is 2.61. The number of hydrogen-bond acceptors (Lipinski definition) is 3. The molecule has 0 bridgehead atoms. The first-order chi connectivity index (χ1) is 10.0. The number of nitrogens with two attached hydrogens (primary N) is 1. The molecular formula is C18H27N3. The Labute approximate surface area is 128 Å². The van der Waals surface area contributed by atoms with Crippen LogP contribution in [0.2, 0.25) is 0 Å². The van der Waals surface area contributed by atoms with Crippen molar-refractivity contribution < 1.29 is 0 Å². The molecule has 0 spiro atoms. The number of rotatable bonds is 7. The van der Waals surface area contributed by atoms with Crippen molar-refractivity contribution in [3.8, 4) is 0 Å². The number of unbranched alkanes of at least 4 members (excludes halogenated alkanes) is 2. The third kappa shape index (κ3) is 4.10. The van der Waals surface area contributed by atoms with Gasteiger partial charge in [0.2, 0.25) is 0 Å². The highest BCUT2D eigenvalue weighted by molar-refractivity contribution is 5.96. The summed E-state index contributed by atoms with van der Waals surface area (Å²) in [4.78, 5) is 4.33. The van der Waals surface area contributed by atoms with Crippen molar-refractivity contribution in [2.75, 3.05) is 17.6 Å². The fourth-order valence-electron chi connectivity index (χ4n) is 2.61. The van der Waals surface area contributed by atoms with E-state index in [0.29, 0.717) is 0 Å². The van der Waals surface area contributed by atoms with E-state index in [0.717, 1.165) is 28.8 Å². The first-order valence-corrected chi connectivity index (χ1v) is 7.90. The molecule has 1 heterocycles. The maximum absolute atomic E-state index is 6.27. The summed E-state index contributed by atoms with van der Waals surface area (Å²) in [6.45, 7) is 7.81. The molecule has 0 aliphatic carbocycles. The summed E-state index contributed by atoms with van der Waals surface area (Å²) >= 11 is 0. The molecule has 114 valence electrons. The summed E-state index contributed by atoms with van der Waals surface area (Å²) in [6.07, 6.45) is 6.91. The highest BCUT2D eigenvalue weighted by Crippen LogP contribution is 2.30. The number of hydrogen-bond donors (Lipinski definition) is 2.